The summed E-state index contributed by atoms with van der Waals surface area (Å²) in [6, 6.07) is 4.05. The topological polar surface area (TPSA) is 29.5 Å². The summed E-state index contributed by atoms with van der Waals surface area (Å²) in [6.07, 6.45) is 1.70. The highest BCUT2D eigenvalue weighted by atomic mass is 79.9. The highest BCUT2D eigenvalue weighted by Gasteiger charge is 2.28. The Morgan fingerprint density at radius 1 is 1.37 bits per heavy atom. The number of fused-ring (bicyclic) bond motifs is 1. The van der Waals surface area contributed by atoms with Crippen molar-refractivity contribution in [3.05, 3.63) is 27.7 Å². The van der Waals surface area contributed by atoms with Gasteiger partial charge in [-0.05, 0) is 57.7 Å². The molecule has 19 heavy (non-hydrogen) atoms. The predicted molar refractivity (Wildman–Crippen MR) is 80.8 cm³/mol. The van der Waals surface area contributed by atoms with Crippen LogP contribution in [-0.2, 0) is 11.2 Å². The number of ether oxygens (including phenoxy) is 1. The van der Waals surface area contributed by atoms with Crippen molar-refractivity contribution in [1.82, 2.24) is 0 Å². The molecule has 0 N–H and O–H groups in total. The van der Waals surface area contributed by atoms with Crippen LogP contribution < -0.4 is 4.90 Å². The zero-order valence-corrected chi connectivity index (χ0v) is 13.5. The van der Waals surface area contributed by atoms with Gasteiger partial charge >= 0.3 is 6.09 Å². The van der Waals surface area contributed by atoms with Gasteiger partial charge in [0, 0.05) is 11.0 Å². The van der Waals surface area contributed by atoms with E-state index < -0.39 is 5.60 Å². The summed E-state index contributed by atoms with van der Waals surface area (Å²) in [5.74, 6) is 0. The first-order chi connectivity index (χ1) is 8.79. The van der Waals surface area contributed by atoms with Crippen LogP contribution in [0.5, 0.6) is 0 Å². The standard InChI is InChI=1S/C15H20BrNO2/c1-10-7-8-12-11(13(10)16)6-5-9-17(12)14(18)19-15(2,3)4/h7-8H,5-6,9H2,1-4H3. The Morgan fingerprint density at radius 2 is 2.05 bits per heavy atom. The van der Waals surface area contributed by atoms with Gasteiger partial charge in [0.2, 0.25) is 0 Å². The van der Waals surface area contributed by atoms with E-state index in [4.69, 9.17) is 4.74 Å². The fourth-order valence-corrected chi connectivity index (χ4v) is 2.79. The van der Waals surface area contributed by atoms with Gasteiger partial charge in [-0.25, -0.2) is 4.79 Å². The van der Waals surface area contributed by atoms with Gasteiger partial charge in [-0.1, -0.05) is 22.0 Å². The molecule has 1 heterocycles. The summed E-state index contributed by atoms with van der Waals surface area (Å²) in [5.41, 5.74) is 2.91. The summed E-state index contributed by atoms with van der Waals surface area (Å²) in [5, 5.41) is 0. The summed E-state index contributed by atoms with van der Waals surface area (Å²) >= 11 is 3.63. The van der Waals surface area contributed by atoms with Gasteiger partial charge in [0.1, 0.15) is 5.60 Å². The highest BCUT2D eigenvalue weighted by molar-refractivity contribution is 9.10. The first kappa shape index (κ1) is 14.4. The number of aryl methyl sites for hydroxylation is 1. The first-order valence-corrected chi connectivity index (χ1v) is 7.37. The Labute approximate surface area is 123 Å². The van der Waals surface area contributed by atoms with Crippen molar-refractivity contribution >= 4 is 27.7 Å². The zero-order chi connectivity index (χ0) is 14.2. The first-order valence-electron chi connectivity index (χ1n) is 6.58. The Bertz CT molecular complexity index is 506. The SMILES string of the molecule is Cc1ccc2c(c1Br)CCCN2C(=O)OC(C)(C)C. The van der Waals surface area contributed by atoms with E-state index in [2.05, 4.69) is 22.9 Å². The second-order valence-corrected chi connectivity index (χ2v) is 6.72. The number of benzene rings is 1. The molecule has 3 nitrogen and oxygen atoms in total. The number of carbonyl (C=O) groups is 1. The molecule has 4 heteroatoms. The molecule has 1 aromatic carbocycles. The van der Waals surface area contributed by atoms with Crippen molar-refractivity contribution in [2.45, 2.75) is 46.1 Å². The lowest BCUT2D eigenvalue weighted by atomic mass is 10.00. The van der Waals surface area contributed by atoms with E-state index in [1.54, 1.807) is 4.90 Å². The minimum atomic E-state index is -0.462. The fourth-order valence-electron chi connectivity index (χ4n) is 2.26. The third-order valence-corrected chi connectivity index (χ3v) is 4.23. The molecule has 1 aromatic rings. The molecule has 104 valence electrons. The lowest BCUT2D eigenvalue weighted by molar-refractivity contribution is 0.0578. The molecule has 2 rings (SSSR count). The Hall–Kier alpha value is -1.03. The van der Waals surface area contributed by atoms with E-state index in [0.717, 1.165) is 29.5 Å². The maximum absolute atomic E-state index is 12.3. The molecular formula is C15H20BrNO2. The molecule has 0 saturated heterocycles. The number of nitrogens with zero attached hydrogens (tertiary/aromatic N) is 1. The van der Waals surface area contributed by atoms with Crippen LogP contribution in [0.25, 0.3) is 0 Å². The number of carbonyl (C=O) groups excluding carboxylic acids is 1. The third kappa shape index (κ3) is 3.11. The molecule has 0 aromatic heterocycles. The van der Waals surface area contributed by atoms with Gasteiger partial charge in [-0.3, -0.25) is 4.90 Å². The third-order valence-electron chi connectivity index (χ3n) is 3.12. The second-order valence-electron chi connectivity index (χ2n) is 5.93. The molecule has 0 spiro atoms. The van der Waals surface area contributed by atoms with E-state index >= 15 is 0 Å². The van der Waals surface area contributed by atoms with Gasteiger partial charge in [-0.15, -0.1) is 0 Å². The smallest absolute Gasteiger partial charge is 0.414 e. The number of hydrogen-bond donors (Lipinski definition) is 0. The van der Waals surface area contributed by atoms with Gasteiger partial charge < -0.3 is 4.74 Å². The normalized spacial score (nSPS) is 15.1. The van der Waals surface area contributed by atoms with Gasteiger partial charge in [0.25, 0.3) is 0 Å². The molecule has 0 atom stereocenters. The average molecular weight is 326 g/mol. The van der Waals surface area contributed by atoms with Crippen molar-refractivity contribution in [2.24, 2.45) is 0 Å². The number of anilines is 1. The molecule has 0 unspecified atom stereocenters. The molecule has 0 fully saturated rings. The minimum absolute atomic E-state index is 0.260. The number of hydrogen-bond acceptors (Lipinski definition) is 2. The quantitative estimate of drug-likeness (QED) is 0.705. The van der Waals surface area contributed by atoms with Crippen LogP contribution in [0.2, 0.25) is 0 Å². The fraction of sp³-hybridized carbons (Fsp3) is 0.533. The average Bonchev–Trinajstić information content (AvgIpc) is 2.31. The van der Waals surface area contributed by atoms with E-state index in [1.807, 2.05) is 32.9 Å². The van der Waals surface area contributed by atoms with E-state index in [-0.39, 0.29) is 6.09 Å². The predicted octanol–water partition coefficient (Wildman–Crippen LogP) is 4.45. The maximum Gasteiger partial charge on any atom is 0.414 e. The van der Waals surface area contributed by atoms with Crippen LogP contribution in [0.15, 0.2) is 16.6 Å². The van der Waals surface area contributed by atoms with Crippen LogP contribution in [0.3, 0.4) is 0 Å². The zero-order valence-electron chi connectivity index (χ0n) is 11.9. The summed E-state index contributed by atoms with van der Waals surface area (Å²) in [6.45, 7) is 8.46. The Balaban J connectivity index is 2.33. The van der Waals surface area contributed by atoms with E-state index in [1.165, 1.54) is 11.1 Å². The second kappa shape index (κ2) is 5.16. The van der Waals surface area contributed by atoms with Crippen LogP contribution in [-0.4, -0.2) is 18.2 Å². The summed E-state index contributed by atoms with van der Waals surface area (Å²) in [7, 11) is 0. The van der Waals surface area contributed by atoms with Crippen LogP contribution in [0.1, 0.15) is 38.3 Å². The van der Waals surface area contributed by atoms with E-state index in [9.17, 15) is 4.79 Å². The molecule has 0 radical (unpaired) electrons. The number of amides is 1. The largest absolute Gasteiger partial charge is 0.443 e. The van der Waals surface area contributed by atoms with Gasteiger partial charge in [-0.2, -0.15) is 0 Å². The monoisotopic (exact) mass is 325 g/mol. The lowest BCUT2D eigenvalue weighted by Gasteiger charge is -2.32. The van der Waals surface area contributed by atoms with Crippen molar-refractivity contribution in [1.29, 1.82) is 0 Å². The highest BCUT2D eigenvalue weighted by Crippen LogP contribution is 2.35. The van der Waals surface area contributed by atoms with Crippen LogP contribution in [0, 0.1) is 6.92 Å². The molecule has 0 bridgehead atoms. The van der Waals surface area contributed by atoms with Gasteiger partial charge in [0.05, 0.1) is 5.69 Å². The minimum Gasteiger partial charge on any atom is -0.443 e. The van der Waals surface area contributed by atoms with Crippen LogP contribution in [0.4, 0.5) is 10.5 Å². The molecular weight excluding hydrogens is 306 g/mol. The van der Waals surface area contributed by atoms with Crippen molar-refractivity contribution < 1.29 is 9.53 Å². The molecule has 1 amide bonds. The van der Waals surface area contributed by atoms with Crippen LogP contribution >= 0.6 is 15.9 Å². The Morgan fingerprint density at radius 3 is 2.68 bits per heavy atom. The molecule has 1 aliphatic rings. The molecule has 0 saturated carbocycles. The van der Waals surface area contributed by atoms with E-state index in [0.29, 0.717) is 0 Å². The summed E-state index contributed by atoms with van der Waals surface area (Å²) in [4.78, 5) is 14.0. The number of halogens is 1. The Kier molecular flexibility index (Phi) is 3.90. The molecule has 0 aliphatic carbocycles. The van der Waals surface area contributed by atoms with Crippen molar-refractivity contribution in [3.8, 4) is 0 Å². The maximum atomic E-state index is 12.3. The van der Waals surface area contributed by atoms with Crippen molar-refractivity contribution in [2.75, 3.05) is 11.4 Å². The lowest BCUT2D eigenvalue weighted by Crippen LogP contribution is -2.39. The van der Waals surface area contributed by atoms with Crippen molar-refractivity contribution in [3.63, 3.8) is 0 Å². The summed E-state index contributed by atoms with van der Waals surface area (Å²) < 4.78 is 6.59. The van der Waals surface area contributed by atoms with Gasteiger partial charge in [0.15, 0.2) is 0 Å². The number of rotatable bonds is 0. The molecule has 1 aliphatic heterocycles.